The number of nitrogens with zero attached hydrogens (tertiary/aromatic N) is 1. The minimum atomic E-state index is -0.211. The SMILES string of the molecule is COc1cc(CC(CN)C(=O)N2CCCCC2)ccc1O. The number of ether oxygens (including phenoxy) is 1. The zero-order valence-corrected chi connectivity index (χ0v) is 12.5. The number of carbonyl (C=O) groups is 1. The maximum Gasteiger partial charge on any atom is 0.227 e. The van der Waals surface area contributed by atoms with Gasteiger partial charge in [0.2, 0.25) is 5.91 Å². The van der Waals surface area contributed by atoms with E-state index in [4.69, 9.17) is 10.5 Å². The van der Waals surface area contributed by atoms with Crippen LogP contribution in [0.2, 0.25) is 0 Å². The summed E-state index contributed by atoms with van der Waals surface area (Å²) in [5.41, 5.74) is 6.75. The number of aromatic hydroxyl groups is 1. The number of piperidine rings is 1. The van der Waals surface area contributed by atoms with Crippen LogP contribution in [0.3, 0.4) is 0 Å². The molecule has 5 heteroatoms. The smallest absolute Gasteiger partial charge is 0.227 e. The number of methoxy groups -OCH3 is 1. The molecule has 2 rings (SSSR count). The maximum absolute atomic E-state index is 12.5. The summed E-state index contributed by atoms with van der Waals surface area (Å²) in [5.74, 6) is 0.461. The fraction of sp³-hybridized carbons (Fsp3) is 0.562. The third kappa shape index (κ3) is 3.88. The van der Waals surface area contributed by atoms with E-state index in [1.807, 2.05) is 11.0 Å². The van der Waals surface area contributed by atoms with Gasteiger partial charge in [0.25, 0.3) is 0 Å². The highest BCUT2D eigenvalue weighted by molar-refractivity contribution is 5.79. The summed E-state index contributed by atoms with van der Waals surface area (Å²) in [6, 6.07) is 5.17. The van der Waals surface area contributed by atoms with Gasteiger partial charge in [0.15, 0.2) is 11.5 Å². The van der Waals surface area contributed by atoms with Crippen LogP contribution in [0.1, 0.15) is 24.8 Å². The first-order chi connectivity index (χ1) is 10.2. The zero-order valence-electron chi connectivity index (χ0n) is 12.5. The Kier molecular flexibility index (Phi) is 5.44. The van der Waals surface area contributed by atoms with E-state index in [1.165, 1.54) is 13.5 Å². The Morgan fingerprint density at radius 3 is 2.71 bits per heavy atom. The highest BCUT2D eigenvalue weighted by Crippen LogP contribution is 2.27. The Morgan fingerprint density at radius 2 is 2.10 bits per heavy atom. The second-order valence-corrected chi connectivity index (χ2v) is 5.53. The quantitative estimate of drug-likeness (QED) is 0.863. The molecule has 0 saturated carbocycles. The van der Waals surface area contributed by atoms with Crippen molar-refractivity contribution < 1.29 is 14.6 Å². The third-order valence-corrected chi connectivity index (χ3v) is 4.03. The van der Waals surface area contributed by atoms with Crippen LogP contribution in [-0.2, 0) is 11.2 Å². The average Bonchev–Trinajstić information content (AvgIpc) is 2.54. The van der Waals surface area contributed by atoms with Crippen LogP contribution in [0.15, 0.2) is 18.2 Å². The molecule has 0 spiro atoms. The summed E-state index contributed by atoms with van der Waals surface area (Å²) < 4.78 is 5.10. The van der Waals surface area contributed by atoms with Crippen molar-refractivity contribution in [3.05, 3.63) is 23.8 Å². The summed E-state index contributed by atoms with van der Waals surface area (Å²) in [7, 11) is 1.51. The van der Waals surface area contributed by atoms with E-state index in [-0.39, 0.29) is 17.6 Å². The first-order valence-corrected chi connectivity index (χ1v) is 7.50. The van der Waals surface area contributed by atoms with Crippen LogP contribution in [0.25, 0.3) is 0 Å². The van der Waals surface area contributed by atoms with Crippen molar-refractivity contribution in [2.75, 3.05) is 26.7 Å². The normalized spacial score (nSPS) is 16.6. The maximum atomic E-state index is 12.5. The number of rotatable bonds is 5. The molecule has 3 N–H and O–H groups in total. The van der Waals surface area contributed by atoms with Gasteiger partial charge in [0.05, 0.1) is 13.0 Å². The van der Waals surface area contributed by atoms with Crippen LogP contribution in [0.5, 0.6) is 11.5 Å². The van der Waals surface area contributed by atoms with Crippen molar-refractivity contribution in [1.82, 2.24) is 4.90 Å². The second-order valence-electron chi connectivity index (χ2n) is 5.53. The molecule has 1 unspecified atom stereocenters. The van der Waals surface area contributed by atoms with Gasteiger partial charge in [-0.05, 0) is 43.4 Å². The van der Waals surface area contributed by atoms with Crippen molar-refractivity contribution in [2.45, 2.75) is 25.7 Å². The van der Waals surface area contributed by atoms with Gasteiger partial charge in [-0.3, -0.25) is 4.79 Å². The van der Waals surface area contributed by atoms with Gasteiger partial charge in [0.1, 0.15) is 0 Å². The van der Waals surface area contributed by atoms with Gasteiger partial charge >= 0.3 is 0 Å². The molecule has 0 aliphatic carbocycles. The Hall–Kier alpha value is -1.75. The van der Waals surface area contributed by atoms with Crippen molar-refractivity contribution in [3.8, 4) is 11.5 Å². The highest BCUT2D eigenvalue weighted by atomic mass is 16.5. The minimum Gasteiger partial charge on any atom is -0.504 e. The van der Waals surface area contributed by atoms with E-state index in [0.717, 1.165) is 31.5 Å². The van der Waals surface area contributed by atoms with Gasteiger partial charge < -0.3 is 20.5 Å². The van der Waals surface area contributed by atoms with E-state index < -0.39 is 0 Å². The molecule has 116 valence electrons. The van der Waals surface area contributed by atoms with Crippen LogP contribution >= 0.6 is 0 Å². The van der Waals surface area contributed by atoms with E-state index in [1.54, 1.807) is 12.1 Å². The van der Waals surface area contributed by atoms with E-state index in [9.17, 15) is 9.90 Å². The molecule has 1 aromatic rings. The lowest BCUT2D eigenvalue weighted by atomic mass is 9.96. The molecule has 21 heavy (non-hydrogen) atoms. The monoisotopic (exact) mass is 292 g/mol. The molecule has 1 aliphatic rings. The Bertz CT molecular complexity index is 484. The highest BCUT2D eigenvalue weighted by Gasteiger charge is 2.24. The molecular formula is C16H24N2O3. The number of likely N-dealkylation sites (tertiary alicyclic amines) is 1. The van der Waals surface area contributed by atoms with E-state index in [0.29, 0.717) is 18.7 Å². The van der Waals surface area contributed by atoms with Gasteiger partial charge in [-0.2, -0.15) is 0 Å². The van der Waals surface area contributed by atoms with Crippen molar-refractivity contribution >= 4 is 5.91 Å². The summed E-state index contributed by atoms with van der Waals surface area (Å²) in [4.78, 5) is 14.4. The van der Waals surface area contributed by atoms with Gasteiger partial charge in [-0.15, -0.1) is 0 Å². The molecule has 1 atom stereocenters. The number of phenols is 1. The largest absolute Gasteiger partial charge is 0.504 e. The number of carbonyl (C=O) groups excluding carboxylic acids is 1. The Labute approximate surface area is 125 Å². The molecule has 1 aliphatic heterocycles. The van der Waals surface area contributed by atoms with Crippen LogP contribution in [0, 0.1) is 5.92 Å². The molecular weight excluding hydrogens is 268 g/mol. The predicted octanol–water partition coefficient (Wildman–Crippen LogP) is 1.53. The average molecular weight is 292 g/mol. The second kappa shape index (κ2) is 7.31. The molecule has 5 nitrogen and oxygen atoms in total. The standard InChI is InChI=1S/C16H24N2O3/c1-21-15-10-12(5-6-14(15)19)9-13(11-17)16(20)18-7-3-2-4-8-18/h5-6,10,13,19H,2-4,7-9,11,17H2,1H3. The molecule has 1 saturated heterocycles. The van der Waals surface area contributed by atoms with Gasteiger partial charge in [-0.25, -0.2) is 0 Å². The fourth-order valence-electron chi connectivity index (χ4n) is 2.78. The van der Waals surface area contributed by atoms with Crippen molar-refractivity contribution in [2.24, 2.45) is 11.7 Å². The first-order valence-electron chi connectivity index (χ1n) is 7.50. The van der Waals surface area contributed by atoms with Crippen LogP contribution < -0.4 is 10.5 Å². The summed E-state index contributed by atoms with van der Waals surface area (Å²) in [6.07, 6.45) is 3.93. The summed E-state index contributed by atoms with van der Waals surface area (Å²) in [6.45, 7) is 2.01. The van der Waals surface area contributed by atoms with E-state index in [2.05, 4.69) is 0 Å². The van der Waals surface area contributed by atoms with Crippen LogP contribution in [-0.4, -0.2) is 42.7 Å². The number of benzene rings is 1. The molecule has 1 fully saturated rings. The fourth-order valence-corrected chi connectivity index (χ4v) is 2.78. The Morgan fingerprint density at radius 1 is 1.38 bits per heavy atom. The summed E-state index contributed by atoms with van der Waals surface area (Å²) >= 11 is 0. The summed E-state index contributed by atoms with van der Waals surface area (Å²) in [5, 5.41) is 9.61. The van der Waals surface area contributed by atoms with Crippen molar-refractivity contribution in [3.63, 3.8) is 0 Å². The number of hydrogen-bond acceptors (Lipinski definition) is 4. The number of nitrogens with two attached hydrogens (primary N) is 1. The number of amides is 1. The number of hydrogen-bond donors (Lipinski definition) is 2. The first kappa shape index (κ1) is 15.6. The van der Waals surface area contributed by atoms with Gasteiger partial charge in [0, 0.05) is 19.6 Å². The van der Waals surface area contributed by atoms with Crippen LogP contribution in [0.4, 0.5) is 0 Å². The molecule has 0 radical (unpaired) electrons. The Balaban J connectivity index is 2.05. The molecule has 1 heterocycles. The molecule has 1 amide bonds. The van der Waals surface area contributed by atoms with Gasteiger partial charge in [-0.1, -0.05) is 6.07 Å². The molecule has 0 aromatic heterocycles. The predicted molar refractivity (Wildman–Crippen MR) is 81.3 cm³/mol. The topological polar surface area (TPSA) is 75.8 Å². The molecule has 0 bridgehead atoms. The lowest BCUT2D eigenvalue weighted by molar-refractivity contribution is -0.136. The van der Waals surface area contributed by atoms with Crippen molar-refractivity contribution in [1.29, 1.82) is 0 Å². The lowest BCUT2D eigenvalue weighted by Crippen LogP contribution is -2.42. The molecule has 1 aromatic carbocycles. The van der Waals surface area contributed by atoms with E-state index >= 15 is 0 Å². The third-order valence-electron chi connectivity index (χ3n) is 4.03. The number of phenolic OH excluding ortho intramolecular Hbond substituents is 1. The lowest BCUT2D eigenvalue weighted by Gasteiger charge is -2.30. The minimum absolute atomic E-state index is 0.105. The zero-order chi connectivity index (χ0) is 15.2.